The summed E-state index contributed by atoms with van der Waals surface area (Å²) in [6.07, 6.45) is 3.91. The minimum atomic E-state index is 0.168. The van der Waals surface area contributed by atoms with Crippen LogP contribution in [-0.2, 0) is 6.54 Å². The Balaban J connectivity index is 1.61. The van der Waals surface area contributed by atoms with Crippen molar-refractivity contribution in [3.05, 3.63) is 28.5 Å². The van der Waals surface area contributed by atoms with Gasteiger partial charge >= 0.3 is 6.03 Å². The fourth-order valence-electron chi connectivity index (χ4n) is 2.90. The van der Waals surface area contributed by atoms with Crippen LogP contribution in [0.4, 0.5) is 4.79 Å². The third kappa shape index (κ3) is 2.96. The first-order chi connectivity index (χ1) is 9.74. The summed E-state index contributed by atoms with van der Waals surface area (Å²) in [7, 11) is 0. The van der Waals surface area contributed by atoms with Crippen molar-refractivity contribution in [1.82, 2.24) is 20.1 Å². The van der Waals surface area contributed by atoms with Crippen molar-refractivity contribution in [3.63, 3.8) is 0 Å². The van der Waals surface area contributed by atoms with Crippen LogP contribution in [0.25, 0.3) is 0 Å². The van der Waals surface area contributed by atoms with Crippen LogP contribution >= 0.6 is 15.9 Å². The van der Waals surface area contributed by atoms with Gasteiger partial charge in [-0.2, -0.15) is 0 Å². The number of hydrogen-bond donors (Lipinski definition) is 1. The number of rotatable bonds is 3. The molecule has 2 saturated heterocycles. The molecule has 0 saturated carbocycles. The van der Waals surface area contributed by atoms with E-state index in [1.165, 1.54) is 0 Å². The van der Waals surface area contributed by atoms with Gasteiger partial charge in [-0.3, -0.25) is 4.98 Å². The molecule has 1 N–H and O–H groups in total. The van der Waals surface area contributed by atoms with Crippen LogP contribution in [-0.4, -0.2) is 53.0 Å². The highest BCUT2D eigenvalue weighted by atomic mass is 79.9. The second-order valence-corrected chi connectivity index (χ2v) is 6.26. The van der Waals surface area contributed by atoms with E-state index in [0.717, 1.165) is 49.2 Å². The van der Waals surface area contributed by atoms with E-state index in [9.17, 15) is 4.79 Å². The molecule has 5 nitrogen and oxygen atoms in total. The first-order valence-electron chi connectivity index (χ1n) is 7.11. The Hall–Kier alpha value is -1.14. The topological polar surface area (TPSA) is 48.5 Å². The lowest BCUT2D eigenvalue weighted by Gasteiger charge is -2.31. The maximum atomic E-state index is 12.5. The Morgan fingerprint density at radius 1 is 1.30 bits per heavy atom. The van der Waals surface area contributed by atoms with Crippen molar-refractivity contribution >= 4 is 22.0 Å². The number of aromatic nitrogens is 1. The minimum absolute atomic E-state index is 0.168. The molecule has 2 amide bonds. The number of nitrogens with zero attached hydrogens (tertiary/aromatic N) is 3. The number of halogens is 1. The maximum Gasteiger partial charge on any atom is 0.320 e. The van der Waals surface area contributed by atoms with Crippen LogP contribution in [0, 0.1) is 0 Å². The van der Waals surface area contributed by atoms with E-state index in [4.69, 9.17) is 0 Å². The lowest BCUT2D eigenvalue weighted by molar-refractivity contribution is 0.164. The van der Waals surface area contributed by atoms with Gasteiger partial charge in [-0.15, -0.1) is 0 Å². The first kappa shape index (κ1) is 13.8. The van der Waals surface area contributed by atoms with Gasteiger partial charge in [-0.05, 0) is 54.0 Å². The first-order valence-corrected chi connectivity index (χ1v) is 7.90. The van der Waals surface area contributed by atoms with E-state index in [2.05, 4.69) is 26.2 Å². The van der Waals surface area contributed by atoms with E-state index in [0.29, 0.717) is 12.6 Å². The van der Waals surface area contributed by atoms with E-state index >= 15 is 0 Å². The summed E-state index contributed by atoms with van der Waals surface area (Å²) in [5.74, 6) is 0. The van der Waals surface area contributed by atoms with Crippen LogP contribution in [0.15, 0.2) is 22.8 Å². The van der Waals surface area contributed by atoms with Crippen LogP contribution in [0.1, 0.15) is 18.5 Å². The number of nitrogens with one attached hydrogen (secondary N) is 1. The number of hydrogen-bond acceptors (Lipinski definition) is 3. The van der Waals surface area contributed by atoms with Crippen molar-refractivity contribution in [1.29, 1.82) is 0 Å². The molecule has 3 heterocycles. The van der Waals surface area contributed by atoms with Gasteiger partial charge in [0.05, 0.1) is 12.2 Å². The van der Waals surface area contributed by atoms with Crippen LogP contribution < -0.4 is 5.32 Å². The molecular formula is C14H19BrN4O. The third-order valence-corrected chi connectivity index (χ3v) is 4.49. The molecule has 0 radical (unpaired) electrons. The van der Waals surface area contributed by atoms with Crippen molar-refractivity contribution in [2.24, 2.45) is 0 Å². The van der Waals surface area contributed by atoms with Crippen molar-refractivity contribution in [2.45, 2.75) is 25.4 Å². The van der Waals surface area contributed by atoms with Gasteiger partial charge < -0.3 is 15.1 Å². The Kier molecular flexibility index (Phi) is 4.21. The predicted octanol–water partition coefficient (Wildman–Crippen LogP) is 1.83. The number of pyridine rings is 1. The normalized spacial score (nSPS) is 20.8. The van der Waals surface area contributed by atoms with E-state index < -0.39 is 0 Å². The van der Waals surface area contributed by atoms with Gasteiger partial charge in [0.25, 0.3) is 0 Å². The molecule has 0 aliphatic carbocycles. The van der Waals surface area contributed by atoms with Gasteiger partial charge in [-0.25, -0.2) is 4.79 Å². The lowest BCUT2D eigenvalue weighted by Crippen LogP contribution is -2.45. The molecule has 108 valence electrons. The Bertz CT molecular complexity index is 473. The fourth-order valence-corrected chi connectivity index (χ4v) is 3.14. The maximum absolute atomic E-state index is 12.5. The van der Waals surface area contributed by atoms with Gasteiger partial charge in [0.1, 0.15) is 0 Å². The number of urea groups is 1. The Morgan fingerprint density at radius 2 is 2.10 bits per heavy atom. The number of piperidine rings is 1. The molecule has 3 rings (SSSR count). The second kappa shape index (κ2) is 6.10. The molecule has 1 aromatic rings. The zero-order valence-corrected chi connectivity index (χ0v) is 13.0. The monoisotopic (exact) mass is 338 g/mol. The summed E-state index contributed by atoms with van der Waals surface area (Å²) in [4.78, 5) is 20.8. The predicted molar refractivity (Wildman–Crippen MR) is 80.3 cm³/mol. The van der Waals surface area contributed by atoms with Gasteiger partial charge in [0.2, 0.25) is 0 Å². The second-order valence-electron chi connectivity index (χ2n) is 5.35. The Labute approximate surface area is 127 Å². The average Bonchev–Trinajstić information content (AvgIpc) is 2.84. The van der Waals surface area contributed by atoms with Crippen molar-refractivity contribution in [2.75, 3.05) is 26.2 Å². The van der Waals surface area contributed by atoms with E-state index in [-0.39, 0.29) is 6.03 Å². The molecule has 6 heteroatoms. The summed E-state index contributed by atoms with van der Waals surface area (Å²) >= 11 is 3.37. The average molecular weight is 339 g/mol. The zero-order valence-electron chi connectivity index (χ0n) is 11.4. The van der Waals surface area contributed by atoms with Gasteiger partial charge in [0.15, 0.2) is 0 Å². The third-order valence-electron chi connectivity index (χ3n) is 4.02. The van der Waals surface area contributed by atoms with E-state index in [1.54, 1.807) is 6.20 Å². The SMILES string of the molecule is O=C1N(Cc2ccc(Br)cn2)CCN1C1CCNCC1. The van der Waals surface area contributed by atoms with Crippen LogP contribution in [0.2, 0.25) is 0 Å². The van der Waals surface area contributed by atoms with Crippen LogP contribution in [0.5, 0.6) is 0 Å². The summed E-state index contributed by atoms with van der Waals surface area (Å²) < 4.78 is 0.963. The summed E-state index contributed by atoms with van der Waals surface area (Å²) in [5, 5.41) is 3.34. The van der Waals surface area contributed by atoms with Crippen molar-refractivity contribution in [3.8, 4) is 0 Å². The summed E-state index contributed by atoms with van der Waals surface area (Å²) in [6, 6.07) is 4.51. The molecule has 2 aliphatic rings. The standard InChI is InChI=1S/C14H19BrN4O/c15-11-1-2-12(17-9-11)10-18-7-8-19(14(18)20)13-3-5-16-6-4-13/h1-2,9,13,16H,3-8,10H2. The highest BCUT2D eigenvalue weighted by Crippen LogP contribution is 2.20. The van der Waals surface area contributed by atoms with Gasteiger partial charge in [0, 0.05) is 29.8 Å². The quantitative estimate of drug-likeness (QED) is 0.914. The highest BCUT2D eigenvalue weighted by molar-refractivity contribution is 9.10. The summed E-state index contributed by atoms with van der Waals surface area (Å²) in [5.41, 5.74) is 0.939. The number of carbonyl (C=O) groups is 1. The molecule has 0 aromatic carbocycles. The molecule has 2 aliphatic heterocycles. The molecule has 0 atom stereocenters. The fraction of sp³-hybridized carbons (Fsp3) is 0.571. The molecular weight excluding hydrogens is 320 g/mol. The van der Waals surface area contributed by atoms with Gasteiger partial charge in [-0.1, -0.05) is 0 Å². The molecule has 0 spiro atoms. The smallest absolute Gasteiger partial charge is 0.320 e. The number of carbonyl (C=O) groups excluding carboxylic acids is 1. The largest absolute Gasteiger partial charge is 0.320 e. The Morgan fingerprint density at radius 3 is 2.80 bits per heavy atom. The highest BCUT2D eigenvalue weighted by Gasteiger charge is 2.34. The van der Waals surface area contributed by atoms with E-state index in [1.807, 2.05) is 21.9 Å². The molecule has 20 heavy (non-hydrogen) atoms. The zero-order chi connectivity index (χ0) is 13.9. The number of amides is 2. The minimum Gasteiger partial charge on any atom is -0.320 e. The lowest BCUT2D eigenvalue weighted by atomic mass is 10.1. The van der Waals surface area contributed by atoms with Crippen molar-refractivity contribution < 1.29 is 4.79 Å². The molecule has 0 unspecified atom stereocenters. The molecule has 0 bridgehead atoms. The van der Waals surface area contributed by atoms with Crippen LogP contribution in [0.3, 0.4) is 0 Å². The molecule has 2 fully saturated rings. The molecule has 1 aromatic heterocycles. The summed E-state index contributed by atoms with van der Waals surface area (Å²) in [6.45, 7) is 4.29.